The molecule has 0 aromatic heterocycles. The van der Waals surface area contributed by atoms with E-state index in [0.29, 0.717) is 14.3 Å². The van der Waals surface area contributed by atoms with E-state index in [2.05, 4.69) is 0 Å². The molecule has 7 heteroatoms. The van der Waals surface area contributed by atoms with Crippen LogP contribution in [0.15, 0.2) is 0 Å². The van der Waals surface area contributed by atoms with Crippen molar-refractivity contribution in [3.63, 3.8) is 0 Å². The highest BCUT2D eigenvalue weighted by molar-refractivity contribution is 14.1. The first-order valence-corrected chi connectivity index (χ1v) is 7.45. The molecule has 3 nitrogen and oxygen atoms in total. The molecule has 0 aliphatic carbocycles. The maximum absolute atomic E-state index is 11.6. The standard InChI is InChI=1S/C7H2I4O3/c8-2-1(7(13)14)3(9)5(11)6(12)4(2)10/h12H,(H,13,14)/p-1. The molecule has 1 aromatic rings. The number of hydrogen-bond acceptors (Lipinski definition) is 2. The van der Waals surface area contributed by atoms with Crippen LogP contribution in [0.5, 0.6) is 5.75 Å². The Hall–Kier alpha value is 1.41. The number of carboxylic acid groups (broad SMARTS) is 1. The smallest absolute Gasteiger partial charge is 0.337 e. The highest BCUT2D eigenvalue weighted by Gasteiger charge is 2.19. The van der Waals surface area contributed by atoms with Crippen molar-refractivity contribution in [3.8, 4) is 5.75 Å². The van der Waals surface area contributed by atoms with Crippen LogP contribution in [-0.2, 0) is 0 Å². The van der Waals surface area contributed by atoms with Gasteiger partial charge in [0.2, 0.25) is 0 Å². The number of benzene rings is 1. The van der Waals surface area contributed by atoms with E-state index in [1.165, 1.54) is 0 Å². The maximum Gasteiger partial charge on any atom is 0.337 e. The lowest BCUT2D eigenvalue weighted by atomic mass is 10.2. The van der Waals surface area contributed by atoms with Crippen LogP contribution in [0.2, 0.25) is 0 Å². The number of carbonyl (C=O) groups is 1. The van der Waals surface area contributed by atoms with Crippen molar-refractivity contribution in [2.24, 2.45) is 0 Å². The molecule has 0 fully saturated rings. The van der Waals surface area contributed by atoms with Crippen molar-refractivity contribution in [2.45, 2.75) is 0 Å². The maximum atomic E-state index is 11.6. The molecule has 0 saturated heterocycles. The quantitative estimate of drug-likeness (QED) is 0.380. The minimum Gasteiger partial charge on any atom is -0.871 e. The van der Waals surface area contributed by atoms with E-state index in [-0.39, 0.29) is 11.3 Å². The van der Waals surface area contributed by atoms with Crippen molar-refractivity contribution >= 4 is 96.3 Å². The lowest BCUT2D eigenvalue weighted by Crippen LogP contribution is -2.10. The van der Waals surface area contributed by atoms with Gasteiger partial charge >= 0.3 is 5.97 Å². The zero-order chi connectivity index (χ0) is 11.0. The summed E-state index contributed by atoms with van der Waals surface area (Å²) in [4.78, 5) is 10.9. The van der Waals surface area contributed by atoms with Crippen LogP contribution in [0.1, 0.15) is 10.4 Å². The number of rotatable bonds is 1. The first kappa shape index (κ1) is 13.5. The molecule has 1 rings (SSSR count). The Morgan fingerprint density at radius 3 is 1.64 bits per heavy atom. The second-order valence-electron chi connectivity index (χ2n) is 2.27. The zero-order valence-electron chi connectivity index (χ0n) is 6.28. The Bertz CT molecular complexity index is 387. The number of aromatic carboxylic acids is 1. The SMILES string of the molecule is O=C(O)c1c(I)c(I)c([O-])c(I)c1I. The van der Waals surface area contributed by atoms with Gasteiger partial charge in [-0.2, -0.15) is 0 Å². The lowest BCUT2D eigenvalue weighted by molar-refractivity contribution is -0.271. The minimum absolute atomic E-state index is 0.0926. The summed E-state index contributed by atoms with van der Waals surface area (Å²) in [5.74, 6) is -1.08. The average molecular weight is 641 g/mol. The van der Waals surface area contributed by atoms with Gasteiger partial charge in [0.25, 0.3) is 0 Å². The van der Waals surface area contributed by atoms with Crippen molar-refractivity contribution in [1.82, 2.24) is 0 Å². The van der Waals surface area contributed by atoms with E-state index in [0.717, 1.165) is 0 Å². The van der Waals surface area contributed by atoms with Gasteiger partial charge in [-0.1, -0.05) is 5.75 Å². The summed E-state index contributed by atoms with van der Waals surface area (Å²) in [6, 6.07) is 0. The van der Waals surface area contributed by atoms with Gasteiger partial charge < -0.3 is 10.2 Å². The topological polar surface area (TPSA) is 60.4 Å². The molecule has 0 heterocycles. The minimum atomic E-state index is -0.991. The Morgan fingerprint density at radius 1 is 1.00 bits per heavy atom. The van der Waals surface area contributed by atoms with Gasteiger partial charge in [-0.15, -0.1) is 0 Å². The van der Waals surface area contributed by atoms with Gasteiger partial charge in [0.1, 0.15) is 0 Å². The van der Waals surface area contributed by atoms with E-state index in [9.17, 15) is 9.90 Å². The van der Waals surface area contributed by atoms with Gasteiger partial charge in [0.05, 0.1) is 5.56 Å². The fourth-order valence-corrected chi connectivity index (χ4v) is 4.40. The Balaban J connectivity index is 3.68. The molecule has 1 N–H and O–H groups in total. The summed E-state index contributed by atoms with van der Waals surface area (Å²) < 4.78 is 1.99. The number of carboxylic acids is 1. The number of halogens is 4. The molecule has 14 heavy (non-hydrogen) atoms. The molecular formula is C7HI4O3-. The van der Waals surface area contributed by atoms with Crippen LogP contribution >= 0.6 is 90.4 Å². The predicted octanol–water partition coefficient (Wildman–Crippen LogP) is 2.88. The fourth-order valence-electron chi connectivity index (χ4n) is 0.799. The van der Waals surface area contributed by atoms with Crippen LogP contribution in [0.25, 0.3) is 0 Å². The Morgan fingerprint density at radius 2 is 1.36 bits per heavy atom. The van der Waals surface area contributed by atoms with Crippen LogP contribution in [0.4, 0.5) is 0 Å². The molecule has 76 valence electrons. The molecule has 0 amide bonds. The molecule has 0 radical (unpaired) electrons. The summed E-state index contributed by atoms with van der Waals surface area (Å²) in [6.07, 6.45) is 0. The van der Waals surface area contributed by atoms with Gasteiger partial charge in [0.15, 0.2) is 0 Å². The molecular weight excluding hydrogens is 640 g/mol. The summed E-state index contributed by atoms with van der Waals surface area (Å²) in [7, 11) is 0. The van der Waals surface area contributed by atoms with Crippen molar-refractivity contribution < 1.29 is 15.0 Å². The largest absolute Gasteiger partial charge is 0.871 e. The van der Waals surface area contributed by atoms with Gasteiger partial charge in [-0.25, -0.2) is 4.79 Å². The van der Waals surface area contributed by atoms with Gasteiger partial charge in [0, 0.05) is 14.3 Å². The fraction of sp³-hybridized carbons (Fsp3) is 0. The monoisotopic (exact) mass is 641 g/mol. The van der Waals surface area contributed by atoms with E-state index in [4.69, 9.17) is 5.11 Å². The third-order valence-electron chi connectivity index (χ3n) is 1.44. The second kappa shape index (κ2) is 5.16. The van der Waals surface area contributed by atoms with E-state index < -0.39 is 5.97 Å². The Kier molecular flexibility index (Phi) is 4.97. The molecule has 0 atom stereocenters. The third kappa shape index (κ3) is 2.39. The van der Waals surface area contributed by atoms with E-state index in [1.807, 2.05) is 90.4 Å². The highest BCUT2D eigenvalue weighted by Crippen LogP contribution is 2.35. The summed E-state index contributed by atoms with van der Waals surface area (Å²) in [6.45, 7) is 0. The summed E-state index contributed by atoms with van der Waals surface area (Å²) in [5, 5.41) is 20.5. The van der Waals surface area contributed by atoms with Crippen molar-refractivity contribution in [3.05, 3.63) is 19.8 Å². The van der Waals surface area contributed by atoms with Gasteiger partial charge in [-0.3, -0.25) is 0 Å². The first-order chi connectivity index (χ1) is 6.37. The molecule has 0 aliphatic heterocycles. The predicted molar refractivity (Wildman–Crippen MR) is 83.7 cm³/mol. The van der Waals surface area contributed by atoms with Crippen LogP contribution in [0, 0.1) is 14.3 Å². The zero-order valence-corrected chi connectivity index (χ0v) is 14.9. The molecule has 1 aromatic carbocycles. The van der Waals surface area contributed by atoms with Crippen LogP contribution in [0.3, 0.4) is 0 Å². The average Bonchev–Trinajstić information content (AvgIpc) is 2.11. The second-order valence-corrected chi connectivity index (χ2v) is 6.58. The van der Waals surface area contributed by atoms with Crippen LogP contribution < -0.4 is 5.11 Å². The van der Waals surface area contributed by atoms with Crippen molar-refractivity contribution in [2.75, 3.05) is 0 Å². The Labute approximate surface area is 135 Å². The molecule has 0 bridgehead atoms. The van der Waals surface area contributed by atoms with E-state index in [1.54, 1.807) is 0 Å². The molecule has 0 unspecified atom stereocenters. The summed E-state index contributed by atoms with van der Waals surface area (Å²) >= 11 is 7.54. The number of hydrogen-bond donors (Lipinski definition) is 1. The molecule has 0 saturated carbocycles. The summed E-state index contributed by atoms with van der Waals surface area (Å²) in [5.41, 5.74) is 0.222. The normalized spacial score (nSPS) is 10.3. The lowest BCUT2D eigenvalue weighted by Gasteiger charge is -2.17. The highest BCUT2D eigenvalue weighted by atomic mass is 127. The third-order valence-corrected chi connectivity index (χ3v) is 7.72. The molecule has 0 aliphatic rings. The van der Waals surface area contributed by atoms with Gasteiger partial charge in [-0.05, 0) is 90.4 Å². The van der Waals surface area contributed by atoms with Crippen LogP contribution in [-0.4, -0.2) is 11.1 Å². The first-order valence-electron chi connectivity index (χ1n) is 3.14. The van der Waals surface area contributed by atoms with Crippen molar-refractivity contribution in [1.29, 1.82) is 0 Å². The van der Waals surface area contributed by atoms with E-state index >= 15 is 0 Å². The molecule has 0 spiro atoms.